The summed E-state index contributed by atoms with van der Waals surface area (Å²) < 4.78 is 2.19. The first kappa shape index (κ1) is 14.5. The Kier molecular flexibility index (Phi) is 4.53. The van der Waals surface area contributed by atoms with Crippen LogP contribution in [0.1, 0.15) is 56.7 Å². The molecule has 1 aliphatic heterocycles. The van der Waals surface area contributed by atoms with E-state index in [1.165, 1.54) is 32.1 Å². The zero-order valence-electron chi connectivity index (χ0n) is 12.8. The lowest BCUT2D eigenvalue weighted by atomic mass is 10.2. The lowest BCUT2D eigenvalue weighted by molar-refractivity contribution is -0.120. The number of amides is 1. The molecule has 1 aromatic heterocycles. The summed E-state index contributed by atoms with van der Waals surface area (Å²) >= 11 is 0. The summed E-state index contributed by atoms with van der Waals surface area (Å²) in [5, 5.41) is 14.8. The number of nitrogens with zero attached hydrogens (tertiary/aromatic N) is 3. The van der Waals surface area contributed by atoms with Gasteiger partial charge in [-0.1, -0.05) is 6.42 Å². The predicted molar refractivity (Wildman–Crippen MR) is 79.7 cm³/mol. The van der Waals surface area contributed by atoms with Crippen molar-refractivity contribution >= 4 is 5.91 Å². The third-order valence-electron chi connectivity index (χ3n) is 4.32. The van der Waals surface area contributed by atoms with Crippen molar-refractivity contribution in [1.82, 2.24) is 25.4 Å². The number of aromatic nitrogens is 3. The third-order valence-corrected chi connectivity index (χ3v) is 4.32. The van der Waals surface area contributed by atoms with Crippen molar-refractivity contribution in [2.45, 2.75) is 58.0 Å². The Morgan fingerprint density at radius 2 is 2.19 bits per heavy atom. The first-order chi connectivity index (χ1) is 10.2. The van der Waals surface area contributed by atoms with E-state index >= 15 is 0 Å². The standard InChI is InChI=1S/C15H25N5O/c1-11(17-14(21)10-16-9-12-6-7-12)15-19-18-13-5-3-2-4-8-20(13)15/h11-12,16H,2-10H2,1H3,(H,17,21). The number of hydrogen-bond donors (Lipinski definition) is 2. The number of aryl methyl sites for hydroxylation is 1. The van der Waals surface area contributed by atoms with Crippen molar-refractivity contribution in [3.05, 3.63) is 11.6 Å². The second kappa shape index (κ2) is 6.56. The molecule has 6 nitrogen and oxygen atoms in total. The molecule has 3 rings (SSSR count). The second-order valence-corrected chi connectivity index (χ2v) is 6.30. The molecule has 1 aromatic rings. The molecule has 0 spiro atoms. The molecule has 1 amide bonds. The first-order valence-electron chi connectivity index (χ1n) is 8.16. The molecule has 2 aliphatic rings. The van der Waals surface area contributed by atoms with Crippen molar-refractivity contribution < 1.29 is 4.79 Å². The Bertz CT molecular complexity index is 494. The molecule has 1 aliphatic carbocycles. The molecule has 1 atom stereocenters. The Hall–Kier alpha value is -1.43. The fraction of sp³-hybridized carbons (Fsp3) is 0.800. The Morgan fingerprint density at radius 3 is 3.00 bits per heavy atom. The van der Waals surface area contributed by atoms with Crippen LogP contribution in [-0.2, 0) is 17.8 Å². The highest BCUT2D eigenvalue weighted by molar-refractivity contribution is 5.78. The van der Waals surface area contributed by atoms with Crippen LogP contribution in [0.4, 0.5) is 0 Å². The van der Waals surface area contributed by atoms with E-state index < -0.39 is 0 Å². The van der Waals surface area contributed by atoms with Crippen LogP contribution in [0.5, 0.6) is 0 Å². The highest BCUT2D eigenvalue weighted by Gasteiger charge is 2.22. The largest absolute Gasteiger partial charge is 0.345 e. The molecule has 21 heavy (non-hydrogen) atoms. The first-order valence-corrected chi connectivity index (χ1v) is 8.16. The van der Waals surface area contributed by atoms with E-state index in [0.29, 0.717) is 6.54 Å². The van der Waals surface area contributed by atoms with Crippen LogP contribution in [-0.4, -0.2) is 33.8 Å². The highest BCUT2D eigenvalue weighted by atomic mass is 16.2. The smallest absolute Gasteiger partial charge is 0.234 e. The predicted octanol–water partition coefficient (Wildman–Crippen LogP) is 1.18. The topological polar surface area (TPSA) is 71.8 Å². The molecule has 116 valence electrons. The normalized spacial score (nSPS) is 19.7. The van der Waals surface area contributed by atoms with Crippen molar-refractivity contribution in [2.24, 2.45) is 5.92 Å². The maximum atomic E-state index is 12.0. The summed E-state index contributed by atoms with van der Waals surface area (Å²) in [6.45, 7) is 4.31. The van der Waals surface area contributed by atoms with Crippen molar-refractivity contribution in [2.75, 3.05) is 13.1 Å². The van der Waals surface area contributed by atoms with Gasteiger partial charge in [-0.25, -0.2) is 0 Å². The lowest BCUT2D eigenvalue weighted by Gasteiger charge is -2.15. The molecule has 0 saturated heterocycles. The van der Waals surface area contributed by atoms with E-state index in [1.807, 2.05) is 6.92 Å². The molecule has 0 radical (unpaired) electrons. The molecule has 2 heterocycles. The molecular weight excluding hydrogens is 266 g/mol. The number of carbonyl (C=O) groups excluding carboxylic acids is 1. The zero-order valence-corrected chi connectivity index (χ0v) is 12.8. The number of hydrogen-bond acceptors (Lipinski definition) is 4. The summed E-state index contributed by atoms with van der Waals surface area (Å²) in [6.07, 6.45) is 7.20. The minimum absolute atomic E-state index is 0.0362. The maximum Gasteiger partial charge on any atom is 0.234 e. The average Bonchev–Trinajstić information content (AvgIpc) is 3.23. The molecule has 0 bridgehead atoms. The molecule has 1 fully saturated rings. The fourth-order valence-electron chi connectivity index (χ4n) is 2.90. The van der Waals surface area contributed by atoms with Gasteiger partial charge < -0.3 is 15.2 Å². The Morgan fingerprint density at radius 1 is 1.33 bits per heavy atom. The molecule has 0 aromatic carbocycles. The van der Waals surface area contributed by atoms with Gasteiger partial charge in [-0.15, -0.1) is 10.2 Å². The minimum atomic E-state index is -0.0837. The maximum absolute atomic E-state index is 12.0. The third kappa shape index (κ3) is 3.81. The lowest BCUT2D eigenvalue weighted by Crippen LogP contribution is -2.37. The summed E-state index contributed by atoms with van der Waals surface area (Å²) in [7, 11) is 0. The van der Waals surface area contributed by atoms with Gasteiger partial charge in [0.1, 0.15) is 5.82 Å². The Labute approximate surface area is 125 Å². The van der Waals surface area contributed by atoms with E-state index in [0.717, 1.165) is 37.1 Å². The van der Waals surface area contributed by atoms with Crippen LogP contribution in [0.25, 0.3) is 0 Å². The van der Waals surface area contributed by atoms with Crippen LogP contribution < -0.4 is 10.6 Å². The minimum Gasteiger partial charge on any atom is -0.345 e. The number of fused-ring (bicyclic) bond motifs is 1. The number of carbonyl (C=O) groups is 1. The number of rotatable bonds is 6. The number of nitrogens with one attached hydrogen (secondary N) is 2. The van der Waals surface area contributed by atoms with Gasteiger partial charge in [0, 0.05) is 13.0 Å². The van der Waals surface area contributed by atoms with Crippen LogP contribution in [0.3, 0.4) is 0 Å². The summed E-state index contributed by atoms with van der Waals surface area (Å²) in [5.41, 5.74) is 0. The summed E-state index contributed by atoms with van der Waals surface area (Å²) in [5.74, 6) is 2.79. The van der Waals surface area contributed by atoms with E-state index in [2.05, 4.69) is 25.4 Å². The zero-order chi connectivity index (χ0) is 14.7. The van der Waals surface area contributed by atoms with Gasteiger partial charge in [-0.05, 0) is 45.1 Å². The van der Waals surface area contributed by atoms with E-state index in [4.69, 9.17) is 0 Å². The molecular formula is C15H25N5O. The Balaban J connectivity index is 1.53. The van der Waals surface area contributed by atoms with Crippen LogP contribution in [0.2, 0.25) is 0 Å². The molecule has 2 N–H and O–H groups in total. The monoisotopic (exact) mass is 291 g/mol. The van der Waals surface area contributed by atoms with E-state index in [-0.39, 0.29) is 11.9 Å². The van der Waals surface area contributed by atoms with Gasteiger partial charge in [-0.3, -0.25) is 4.79 Å². The summed E-state index contributed by atoms with van der Waals surface area (Å²) in [6, 6.07) is -0.0837. The van der Waals surface area contributed by atoms with Gasteiger partial charge in [0.25, 0.3) is 0 Å². The van der Waals surface area contributed by atoms with Crippen LogP contribution >= 0.6 is 0 Å². The van der Waals surface area contributed by atoms with Gasteiger partial charge in [-0.2, -0.15) is 0 Å². The van der Waals surface area contributed by atoms with Gasteiger partial charge in [0.15, 0.2) is 5.82 Å². The highest BCUT2D eigenvalue weighted by Crippen LogP contribution is 2.27. The van der Waals surface area contributed by atoms with E-state index in [1.54, 1.807) is 0 Å². The molecule has 6 heteroatoms. The van der Waals surface area contributed by atoms with Gasteiger partial charge in [0.05, 0.1) is 12.6 Å². The average molecular weight is 291 g/mol. The van der Waals surface area contributed by atoms with Crippen molar-refractivity contribution in [3.63, 3.8) is 0 Å². The molecule has 1 unspecified atom stereocenters. The second-order valence-electron chi connectivity index (χ2n) is 6.30. The summed E-state index contributed by atoms with van der Waals surface area (Å²) in [4.78, 5) is 12.0. The van der Waals surface area contributed by atoms with Crippen LogP contribution in [0, 0.1) is 5.92 Å². The SMILES string of the molecule is CC(NC(=O)CNCC1CC1)c1nnc2n1CCCCC2. The fourth-order valence-corrected chi connectivity index (χ4v) is 2.90. The quantitative estimate of drug-likeness (QED) is 0.825. The van der Waals surface area contributed by atoms with Gasteiger partial charge in [0.2, 0.25) is 5.91 Å². The molecule has 1 saturated carbocycles. The van der Waals surface area contributed by atoms with E-state index in [9.17, 15) is 4.79 Å². The van der Waals surface area contributed by atoms with Crippen molar-refractivity contribution in [1.29, 1.82) is 0 Å². The van der Waals surface area contributed by atoms with Crippen LogP contribution in [0.15, 0.2) is 0 Å². The van der Waals surface area contributed by atoms with Crippen molar-refractivity contribution in [3.8, 4) is 0 Å². The van der Waals surface area contributed by atoms with Gasteiger partial charge >= 0.3 is 0 Å².